The molecule has 0 amide bonds. The monoisotopic (exact) mass is 439 g/mol. The smallest absolute Gasteiger partial charge is 0.175 e. The summed E-state index contributed by atoms with van der Waals surface area (Å²) in [5, 5.41) is 24.6. The first-order chi connectivity index (χ1) is 16.7. The standard InChI is InChI=1S/C29H21N5/c1-2-34-28-11-7-6-10-23(28)24-16-20(13-15-29(24)34)12-14-22-17-25(21-8-4-3-5-9-21)33-27(19-31)26(18-30)32-22/h3-13,15-16,32H,2,17H2,1H3. The van der Waals surface area contributed by atoms with Crippen LogP contribution in [0.4, 0.5) is 0 Å². The molecular formula is C29H21N5. The molecule has 0 atom stereocenters. The number of fused-ring (bicyclic) bond motifs is 3. The third-order valence-corrected chi connectivity index (χ3v) is 5.95. The van der Waals surface area contributed by atoms with Gasteiger partial charge in [0.2, 0.25) is 0 Å². The fourth-order valence-electron chi connectivity index (χ4n) is 4.37. The molecule has 3 aromatic carbocycles. The summed E-state index contributed by atoms with van der Waals surface area (Å²) in [6.45, 7) is 3.06. The maximum atomic E-state index is 9.58. The highest BCUT2D eigenvalue weighted by Gasteiger charge is 2.17. The zero-order valence-corrected chi connectivity index (χ0v) is 18.7. The van der Waals surface area contributed by atoms with Crippen molar-refractivity contribution in [2.24, 2.45) is 4.99 Å². The second-order valence-corrected chi connectivity index (χ2v) is 7.98. The first kappa shape index (κ1) is 21.0. The van der Waals surface area contributed by atoms with E-state index in [1.54, 1.807) is 0 Å². The zero-order chi connectivity index (χ0) is 23.5. The molecule has 2 heterocycles. The van der Waals surface area contributed by atoms with Crippen molar-refractivity contribution in [2.45, 2.75) is 19.9 Å². The van der Waals surface area contributed by atoms with Crippen LogP contribution in [-0.4, -0.2) is 10.3 Å². The molecule has 1 aliphatic heterocycles. The Labute approximate surface area is 197 Å². The van der Waals surface area contributed by atoms with Crippen molar-refractivity contribution in [3.05, 3.63) is 107 Å². The van der Waals surface area contributed by atoms with Crippen molar-refractivity contribution < 1.29 is 0 Å². The predicted molar refractivity (Wildman–Crippen MR) is 136 cm³/mol. The Balaban J connectivity index is 1.60. The van der Waals surface area contributed by atoms with E-state index in [4.69, 9.17) is 0 Å². The maximum absolute atomic E-state index is 9.58. The van der Waals surface area contributed by atoms with Crippen LogP contribution in [0.3, 0.4) is 0 Å². The van der Waals surface area contributed by atoms with Crippen LogP contribution < -0.4 is 5.32 Å². The molecule has 162 valence electrons. The highest BCUT2D eigenvalue weighted by Crippen LogP contribution is 2.30. The molecule has 4 aromatic rings. The minimum Gasteiger partial charge on any atom is -0.341 e. The molecule has 34 heavy (non-hydrogen) atoms. The Hall–Kier alpha value is -4.83. The Kier molecular flexibility index (Phi) is 5.55. The van der Waals surface area contributed by atoms with Crippen LogP contribution in [-0.2, 0) is 6.54 Å². The van der Waals surface area contributed by atoms with Crippen LogP contribution in [0.2, 0.25) is 0 Å². The third kappa shape index (κ3) is 3.78. The summed E-state index contributed by atoms with van der Waals surface area (Å²) < 4.78 is 2.32. The van der Waals surface area contributed by atoms with E-state index in [1.165, 1.54) is 21.8 Å². The molecule has 5 heteroatoms. The van der Waals surface area contributed by atoms with Crippen LogP contribution in [0, 0.1) is 22.7 Å². The molecule has 1 aromatic heterocycles. The molecule has 1 N–H and O–H groups in total. The van der Waals surface area contributed by atoms with Gasteiger partial charge in [0.1, 0.15) is 12.1 Å². The quantitative estimate of drug-likeness (QED) is 0.395. The summed E-state index contributed by atoms with van der Waals surface area (Å²) in [7, 11) is 0. The maximum Gasteiger partial charge on any atom is 0.175 e. The Morgan fingerprint density at radius 3 is 2.47 bits per heavy atom. The first-order valence-corrected chi connectivity index (χ1v) is 11.1. The van der Waals surface area contributed by atoms with Crippen LogP contribution in [0.5, 0.6) is 0 Å². The fraction of sp³-hybridized carbons (Fsp3) is 0.103. The number of nitrogens with one attached hydrogen (secondary N) is 1. The summed E-state index contributed by atoms with van der Waals surface area (Å²) in [5.74, 6) is 0. The molecule has 5 nitrogen and oxygen atoms in total. The lowest BCUT2D eigenvalue weighted by atomic mass is 10.1. The predicted octanol–water partition coefficient (Wildman–Crippen LogP) is 6.05. The molecule has 0 aliphatic carbocycles. The number of aromatic nitrogens is 1. The number of allylic oxidation sites excluding steroid dienone is 3. The SMILES string of the molecule is CCn1c2ccccc2c2cc(C=C=C3CC(c4ccccc4)=NC(C#N)=C(C#N)N3)ccc21. The zero-order valence-electron chi connectivity index (χ0n) is 18.7. The van der Waals surface area contributed by atoms with Gasteiger partial charge in [0.05, 0.1) is 11.4 Å². The van der Waals surface area contributed by atoms with Crippen molar-refractivity contribution >= 4 is 33.6 Å². The summed E-state index contributed by atoms with van der Waals surface area (Å²) in [6.07, 6.45) is 2.34. The molecule has 0 saturated carbocycles. The number of nitrogens with zero attached hydrogens (tertiary/aromatic N) is 4. The fourth-order valence-corrected chi connectivity index (χ4v) is 4.37. The highest BCUT2D eigenvalue weighted by atomic mass is 15.0. The van der Waals surface area contributed by atoms with E-state index in [9.17, 15) is 10.5 Å². The van der Waals surface area contributed by atoms with Gasteiger partial charge in [-0.2, -0.15) is 10.5 Å². The van der Waals surface area contributed by atoms with Crippen molar-refractivity contribution in [1.82, 2.24) is 9.88 Å². The van der Waals surface area contributed by atoms with Gasteiger partial charge in [-0.1, -0.05) is 60.3 Å². The normalized spacial score (nSPS) is 13.5. The number of benzene rings is 3. The molecule has 0 spiro atoms. The van der Waals surface area contributed by atoms with Gasteiger partial charge in [-0.3, -0.25) is 0 Å². The second kappa shape index (κ2) is 8.96. The van der Waals surface area contributed by atoms with E-state index >= 15 is 0 Å². The lowest BCUT2D eigenvalue weighted by Gasteiger charge is -2.06. The molecule has 0 bridgehead atoms. The highest BCUT2D eigenvalue weighted by molar-refractivity contribution is 6.08. The van der Waals surface area contributed by atoms with E-state index in [2.05, 4.69) is 76.1 Å². The van der Waals surface area contributed by atoms with Crippen molar-refractivity contribution in [2.75, 3.05) is 0 Å². The summed E-state index contributed by atoms with van der Waals surface area (Å²) in [4.78, 5) is 4.48. The molecule has 1 aliphatic rings. The van der Waals surface area contributed by atoms with E-state index in [-0.39, 0.29) is 11.4 Å². The lowest BCUT2D eigenvalue weighted by Crippen LogP contribution is -2.13. The molecular weight excluding hydrogens is 418 g/mol. The number of rotatable bonds is 3. The van der Waals surface area contributed by atoms with Crippen LogP contribution in [0.25, 0.3) is 27.9 Å². The number of nitriles is 2. The number of hydrogen-bond acceptors (Lipinski definition) is 4. The topological polar surface area (TPSA) is 76.9 Å². The van der Waals surface area contributed by atoms with Gasteiger partial charge in [0.15, 0.2) is 11.4 Å². The minimum atomic E-state index is 0.0759. The van der Waals surface area contributed by atoms with Crippen molar-refractivity contribution in [3.63, 3.8) is 0 Å². The van der Waals surface area contributed by atoms with Gasteiger partial charge < -0.3 is 9.88 Å². The van der Waals surface area contributed by atoms with Gasteiger partial charge in [-0.25, -0.2) is 4.99 Å². The van der Waals surface area contributed by atoms with E-state index in [0.717, 1.165) is 17.7 Å². The molecule has 0 unspecified atom stereocenters. The molecule has 0 radical (unpaired) electrons. The minimum absolute atomic E-state index is 0.0759. The van der Waals surface area contributed by atoms with Gasteiger partial charge in [0.25, 0.3) is 0 Å². The Morgan fingerprint density at radius 2 is 1.71 bits per heavy atom. The van der Waals surface area contributed by atoms with Gasteiger partial charge in [0, 0.05) is 34.8 Å². The number of aryl methyl sites for hydroxylation is 1. The summed E-state index contributed by atoms with van der Waals surface area (Å²) in [6, 6.07) is 28.6. The average Bonchev–Trinajstić information content (AvgIpc) is 3.08. The summed E-state index contributed by atoms with van der Waals surface area (Å²) >= 11 is 0. The van der Waals surface area contributed by atoms with Crippen molar-refractivity contribution in [1.29, 1.82) is 10.5 Å². The van der Waals surface area contributed by atoms with Crippen molar-refractivity contribution in [3.8, 4) is 12.1 Å². The number of hydrogen-bond donors (Lipinski definition) is 1. The Bertz CT molecular complexity index is 1630. The van der Waals surface area contributed by atoms with Crippen LogP contribution >= 0.6 is 0 Å². The lowest BCUT2D eigenvalue weighted by molar-refractivity contribution is 0.827. The van der Waals surface area contributed by atoms with Gasteiger partial charge in [-0.15, -0.1) is 0 Å². The molecule has 5 rings (SSSR count). The number of aliphatic imine (C=N–C) groups is 1. The van der Waals surface area contributed by atoms with E-state index in [0.29, 0.717) is 17.8 Å². The number of para-hydroxylation sites is 1. The van der Waals surface area contributed by atoms with Gasteiger partial charge >= 0.3 is 0 Å². The molecule has 0 fully saturated rings. The Morgan fingerprint density at radius 1 is 0.941 bits per heavy atom. The largest absolute Gasteiger partial charge is 0.341 e. The van der Waals surface area contributed by atoms with E-state index < -0.39 is 0 Å². The van der Waals surface area contributed by atoms with Gasteiger partial charge in [-0.05, 0) is 42.3 Å². The van der Waals surface area contributed by atoms with Crippen LogP contribution in [0.1, 0.15) is 24.5 Å². The van der Waals surface area contributed by atoms with Crippen LogP contribution in [0.15, 0.2) is 101 Å². The second-order valence-electron chi connectivity index (χ2n) is 7.98. The molecule has 0 saturated heterocycles. The summed E-state index contributed by atoms with van der Waals surface area (Å²) in [5.41, 5.74) is 9.26. The third-order valence-electron chi connectivity index (χ3n) is 5.95. The van der Waals surface area contributed by atoms with E-state index in [1.807, 2.05) is 42.5 Å². The average molecular weight is 440 g/mol. The first-order valence-electron chi connectivity index (χ1n) is 11.1.